The van der Waals surface area contributed by atoms with Gasteiger partial charge in [-0.25, -0.2) is 0 Å². The van der Waals surface area contributed by atoms with Gasteiger partial charge >= 0.3 is 10.1 Å². The molecule has 124 valence electrons. The van der Waals surface area contributed by atoms with E-state index in [1.54, 1.807) is 19.1 Å². The van der Waals surface area contributed by atoms with E-state index in [0.29, 0.717) is 11.5 Å². The van der Waals surface area contributed by atoms with E-state index in [1.165, 1.54) is 19.1 Å². The summed E-state index contributed by atoms with van der Waals surface area (Å²) in [6.07, 6.45) is 0. The van der Waals surface area contributed by atoms with Crippen LogP contribution in [0.1, 0.15) is 11.5 Å². The molecule has 3 aromatic rings. The Hall–Kier alpha value is -2.80. The fourth-order valence-corrected chi connectivity index (χ4v) is 3.42. The predicted molar refractivity (Wildman–Crippen MR) is 86.7 cm³/mol. The quantitative estimate of drug-likeness (QED) is 0.654. The lowest BCUT2D eigenvalue weighted by Crippen LogP contribution is -2.11. The zero-order chi connectivity index (χ0) is 17.2. The van der Waals surface area contributed by atoms with Crippen LogP contribution >= 0.6 is 0 Å². The van der Waals surface area contributed by atoms with Crippen molar-refractivity contribution in [3.8, 4) is 17.2 Å². The molecule has 0 aliphatic rings. The van der Waals surface area contributed by atoms with Crippen LogP contribution in [0.3, 0.4) is 0 Å². The summed E-state index contributed by atoms with van der Waals surface area (Å²) in [5.74, 6) is 1.63. The summed E-state index contributed by atoms with van der Waals surface area (Å²) >= 11 is 0. The summed E-state index contributed by atoms with van der Waals surface area (Å²) in [6, 6.07) is 15.6. The standard InChI is InChI=1S/C17H15NO5S/c1-12-17(13(2)22-18-12)24(19,20)23-16-10-8-15(9-11-16)21-14-6-4-3-5-7-14/h3-11H,1-2H3. The molecule has 0 N–H and O–H groups in total. The minimum atomic E-state index is -4.00. The molecular weight excluding hydrogens is 330 g/mol. The second-order valence-corrected chi connectivity index (χ2v) is 6.56. The highest BCUT2D eigenvalue weighted by Crippen LogP contribution is 2.27. The van der Waals surface area contributed by atoms with Crippen LogP contribution in [0.25, 0.3) is 0 Å². The lowest BCUT2D eigenvalue weighted by Gasteiger charge is -2.08. The van der Waals surface area contributed by atoms with Crippen LogP contribution in [0.5, 0.6) is 17.2 Å². The lowest BCUT2D eigenvalue weighted by molar-refractivity contribution is 0.389. The van der Waals surface area contributed by atoms with Crippen molar-refractivity contribution < 1.29 is 21.9 Å². The molecule has 0 saturated carbocycles. The number of rotatable bonds is 5. The molecule has 24 heavy (non-hydrogen) atoms. The fraction of sp³-hybridized carbons (Fsp3) is 0.118. The highest BCUT2D eigenvalue weighted by atomic mass is 32.2. The van der Waals surface area contributed by atoms with Gasteiger partial charge in [-0.3, -0.25) is 0 Å². The Balaban J connectivity index is 1.77. The molecule has 0 bridgehead atoms. The van der Waals surface area contributed by atoms with Gasteiger partial charge in [-0.05, 0) is 50.2 Å². The van der Waals surface area contributed by atoms with Crippen molar-refractivity contribution in [2.45, 2.75) is 18.7 Å². The Kier molecular flexibility index (Phi) is 4.26. The van der Waals surface area contributed by atoms with Crippen molar-refractivity contribution >= 4 is 10.1 Å². The number of benzene rings is 2. The van der Waals surface area contributed by atoms with Gasteiger partial charge in [-0.2, -0.15) is 8.42 Å². The van der Waals surface area contributed by atoms with Crippen LogP contribution in [-0.4, -0.2) is 13.6 Å². The molecule has 0 spiro atoms. The van der Waals surface area contributed by atoms with Gasteiger partial charge < -0.3 is 13.4 Å². The van der Waals surface area contributed by atoms with Gasteiger partial charge in [-0.15, -0.1) is 0 Å². The molecular formula is C17H15NO5S. The van der Waals surface area contributed by atoms with E-state index in [1.807, 2.05) is 30.3 Å². The van der Waals surface area contributed by atoms with Gasteiger partial charge in [0.15, 0.2) is 10.7 Å². The van der Waals surface area contributed by atoms with E-state index < -0.39 is 10.1 Å². The minimum absolute atomic E-state index is 0.0490. The molecule has 0 radical (unpaired) electrons. The van der Waals surface area contributed by atoms with E-state index in [0.717, 1.165) is 0 Å². The molecule has 0 unspecified atom stereocenters. The molecule has 2 aromatic carbocycles. The normalized spacial score (nSPS) is 11.2. The first-order valence-corrected chi connectivity index (χ1v) is 8.57. The second kappa shape index (κ2) is 6.37. The van der Waals surface area contributed by atoms with Crippen molar-refractivity contribution in [3.05, 3.63) is 66.1 Å². The molecule has 1 aromatic heterocycles. The SMILES string of the molecule is Cc1noc(C)c1S(=O)(=O)Oc1ccc(Oc2ccccc2)cc1. The first-order chi connectivity index (χ1) is 11.5. The predicted octanol–water partition coefficient (Wildman–Crippen LogP) is 3.85. The third kappa shape index (κ3) is 3.41. The number of ether oxygens (including phenoxy) is 1. The fourth-order valence-electron chi connectivity index (χ4n) is 2.19. The number of para-hydroxylation sites is 1. The average Bonchev–Trinajstić information content (AvgIpc) is 2.90. The maximum absolute atomic E-state index is 12.3. The Morgan fingerprint density at radius 1 is 0.875 bits per heavy atom. The third-order valence-corrected chi connectivity index (χ3v) is 4.72. The molecule has 0 atom stereocenters. The van der Waals surface area contributed by atoms with Crippen LogP contribution in [0.2, 0.25) is 0 Å². The molecule has 0 amide bonds. The van der Waals surface area contributed by atoms with E-state index in [9.17, 15) is 8.42 Å². The monoisotopic (exact) mass is 345 g/mol. The summed E-state index contributed by atoms with van der Waals surface area (Å²) in [5.41, 5.74) is 0.261. The largest absolute Gasteiger partial charge is 0.457 e. The van der Waals surface area contributed by atoms with Gasteiger partial charge in [0.25, 0.3) is 0 Å². The molecule has 6 nitrogen and oxygen atoms in total. The van der Waals surface area contributed by atoms with Gasteiger partial charge in [0.1, 0.15) is 22.9 Å². The summed E-state index contributed by atoms with van der Waals surface area (Å²) in [6.45, 7) is 3.07. The Bertz CT molecular complexity index is 911. The zero-order valence-electron chi connectivity index (χ0n) is 13.1. The average molecular weight is 345 g/mol. The summed E-state index contributed by atoms with van der Waals surface area (Å²) in [5, 5.41) is 3.63. The van der Waals surface area contributed by atoms with E-state index in [2.05, 4.69) is 5.16 Å². The lowest BCUT2D eigenvalue weighted by atomic mass is 10.3. The van der Waals surface area contributed by atoms with Crippen molar-refractivity contribution in [2.24, 2.45) is 0 Å². The minimum Gasteiger partial charge on any atom is -0.457 e. The Morgan fingerprint density at radius 3 is 2.04 bits per heavy atom. The zero-order valence-corrected chi connectivity index (χ0v) is 13.9. The van der Waals surface area contributed by atoms with Gasteiger partial charge in [-0.1, -0.05) is 23.4 Å². The van der Waals surface area contributed by atoms with Crippen LogP contribution in [-0.2, 0) is 10.1 Å². The highest BCUT2D eigenvalue weighted by Gasteiger charge is 2.26. The molecule has 0 aliphatic heterocycles. The molecule has 7 heteroatoms. The first kappa shape index (κ1) is 16.1. The third-order valence-electron chi connectivity index (χ3n) is 3.23. The van der Waals surface area contributed by atoms with Crippen molar-refractivity contribution in [2.75, 3.05) is 0 Å². The van der Waals surface area contributed by atoms with Gasteiger partial charge in [0.05, 0.1) is 0 Å². The topological polar surface area (TPSA) is 78.6 Å². The van der Waals surface area contributed by atoms with Crippen molar-refractivity contribution in [3.63, 3.8) is 0 Å². The maximum atomic E-state index is 12.3. The van der Waals surface area contributed by atoms with E-state index >= 15 is 0 Å². The van der Waals surface area contributed by atoms with Crippen LogP contribution in [0.4, 0.5) is 0 Å². The smallest absolute Gasteiger partial charge is 0.344 e. The highest BCUT2D eigenvalue weighted by molar-refractivity contribution is 7.87. The number of aromatic nitrogens is 1. The number of nitrogens with zero attached hydrogens (tertiary/aromatic N) is 1. The number of hydrogen-bond donors (Lipinski definition) is 0. The van der Waals surface area contributed by atoms with E-state index in [-0.39, 0.29) is 22.1 Å². The van der Waals surface area contributed by atoms with Crippen molar-refractivity contribution in [1.29, 1.82) is 0 Å². The van der Waals surface area contributed by atoms with Crippen LogP contribution in [0, 0.1) is 13.8 Å². The first-order valence-electron chi connectivity index (χ1n) is 7.16. The van der Waals surface area contributed by atoms with Crippen LogP contribution in [0.15, 0.2) is 64.0 Å². The summed E-state index contributed by atoms with van der Waals surface area (Å²) < 4.78 is 40.3. The molecule has 0 fully saturated rings. The van der Waals surface area contributed by atoms with E-state index in [4.69, 9.17) is 13.4 Å². The molecule has 3 rings (SSSR count). The summed E-state index contributed by atoms with van der Waals surface area (Å²) in [7, 11) is -4.00. The van der Waals surface area contributed by atoms with Gasteiger partial charge in [0, 0.05) is 0 Å². The van der Waals surface area contributed by atoms with Gasteiger partial charge in [0.2, 0.25) is 0 Å². The second-order valence-electron chi connectivity index (χ2n) is 5.08. The Labute approximate surface area is 139 Å². The molecule has 0 aliphatic carbocycles. The maximum Gasteiger partial charge on any atom is 0.344 e. The number of aryl methyl sites for hydroxylation is 2. The van der Waals surface area contributed by atoms with Crippen LogP contribution < -0.4 is 8.92 Å². The Morgan fingerprint density at radius 2 is 1.46 bits per heavy atom. The molecule has 1 heterocycles. The van der Waals surface area contributed by atoms with Crippen molar-refractivity contribution in [1.82, 2.24) is 5.16 Å². The molecule has 0 saturated heterocycles. The summed E-state index contributed by atoms with van der Waals surface area (Å²) in [4.78, 5) is -0.0490. The number of hydrogen-bond acceptors (Lipinski definition) is 6.